The largest absolute Gasteiger partial charge is 0.390 e. The number of ether oxygens (including phenoxy) is 1. The number of rotatable bonds is 1. The Morgan fingerprint density at radius 1 is 1.20 bits per heavy atom. The van der Waals surface area contributed by atoms with Crippen LogP contribution in [0.2, 0.25) is 0 Å². The Kier molecular flexibility index (Phi) is 2.08. The van der Waals surface area contributed by atoms with E-state index in [-0.39, 0.29) is 17.8 Å². The first-order valence-electron chi connectivity index (χ1n) is 5.74. The van der Waals surface area contributed by atoms with Crippen molar-refractivity contribution in [1.29, 1.82) is 0 Å². The van der Waals surface area contributed by atoms with Crippen LogP contribution < -0.4 is 0 Å². The Balaban J connectivity index is 1.92. The van der Waals surface area contributed by atoms with Gasteiger partial charge in [0.25, 0.3) is 0 Å². The second-order valence-corrected chi connectivity index (χ2v) is 4.61. The molecule has 1 saturated carbocycles. The normalized spacial score (nSPS) is 39.3. The van der Waals surface area contributed by atoms with Crippen LogP contribution in [-0.4, -0.2) is 17.3 Å². The molecule has 1 N–H and O–H groups in total. The van der Waals surface area contributed by atoms with Crippen LogP contribution in [0.15, 0.2) is 30.3 Å². The van der Waals surface area contributed by atoms with Gasteiger partial charge in [-0.3, -0.25) is 0 Å². The molecule has 0 bridgehead atoms. The van der Waals surface area contributed by atoms with Gasteiger partial charge < -0.3 is 9.84 Å². The van der Waals surface area contributed by atoms with Crippen molar-refractivity contribution in [1.82, 2.24) is 0 Å². The van der Waals surface area contributed by atoms with Gasteiger partial charge in [-0.1, -0.05) is 43.2 Å². The van der Waals surface area contributed by atoms with Gasteiger partial charge >= 0.3 is 0 Å². The van der Waals surface area contributed by atoms with Crippen molar-refractivity contribution >= 4 is 0 Å². The van der Waals surface area contributed by atoms with Crippen molar-refractivity contribution in [2.75, 3.05) is 0 Å². The van der Waals surface area contributed by atoms with Crippen LogP contribution in [0.25, 0.3) is 0 Å². The molecule has 0 radical (unpaired) electrons. The van der Waals surface area contributed by atoms with E-state index in [4.69, 9.17) is 4.74 Å². The van der Waals surface area contributed by atoms with E-state index in [1.165, 1.54) is 5.56 Å². The lowest BCUT2D eigenvalue weighted by Crippen LogP contribution is -2.20. The smallest absolute Gasteiger partial charge is 0.122 e. The van der Waals surface area contributed by atoms with Crippen molar-refractivity contribution in [2.24, 2.45) is 0 Å². The average Bonchev–Trinajstić information content (AvgIpc) is 3.01. The molecule has 2 fully saturated rings. The number of benzene rings is 1. The summed E-state index contributed by atoms with van der Waals surface area (Å²) in [5.74, 6) is 0. The van der Waals surface area contributed by atoms with E-state index >= 15 is 0 Å². The van der Waals surface area contributed by atoms with Crippen molar-refractivity contribution in [3.8, 4) is 0 Å². The van der Waals surface area contributed by atoms with Crippen LogP contribution in [0, 0.1) is 0 Å². The highest BCUT2D eigenvalue weighted by molar-refractivity contribution is 5.30. The highest BCUT2D eigenvalue weighted by Gasteiger charge is 2.60. The summed E-state index contributed by atoms with van der Waals surface area (Å²) in [7, 11) is 0. The molecule has 1 saturated heterocycles. The number of hydrogen-bond donors (Lipinski definition) is 1. The third kappa shape index (κ3) is 1.40. The van der Waals surface area contributed by atoms with Gasteiger partial charge in [0.05, 0.1) is 6.10 Å². The van der Waals surface area contributed by atoms with E-state index in [1.807, 2.05) is 18.2 Å². The molecule has 1 aromatic carbocycles. The van der Waals surface area contributed by atoms with Gasteiger partial charge in [0, 0.05) is 0 Å². The third-order valence-electron chi connectivity index (χ3n) is 3.65. The van der Waals surface area contributed by atoms with Gasteiger partial charge in [0.2, 0.25) is 0 Å². The number of hydrogen-bond acceptors (Lipinski definition) is 2. The van der Waals surface area contributed by atoms with Crippen molar-refractivity contribution < 1.29 is 9.84 Å². The summed E-state index contributed by atoms with van der Waals surface area (Å²) in [5, 5.41) is 9.90. The molecule has 3 atom stereocenters. The van der Waals surface area contributed by atoms with Crippen LogP contribution in [0.5, 0.6) is 0 Å². The van der Waals surface area contributed by atoms with E-state index in [0.29, 0.717) is 0 Å². The fraction of sp³-hybridized carbons (Fsp3) is 0.538. The van der Waals surface area contributed by atoms with Gasteiger partial charge in [-0.15, -0.1) is 0 Å². The van der Waals surface area contributed by atoms with E-state index in [1.54, 1.807) is 0 Å². The first-order valence-corrected chi connectivity index (χ1v) is 5.74. The minimum atomic E-state index is -0.271. The summed E-state index contributed by atoms with van der Waals surface area (Å²) in [5.41, 5.74) is 1.08. The molecular weight excluding hydrogens is 188 g/mol. The lowest BCUT2D eigenvalue weighted by Gasteiger charge is -2.11. The second kappa shape index (κ2) is 3.32. The SMILES string of the molecule is O[C@@H]1CCCC[C@]2(c3ccccc3)O[C@H]12. The molecule has 0 amide bonds. The van der Waals surface area contributed by atoms with E-state index < -0.39 is 0 Å². The fourth-order valence-corrected chi connectivity index (χ4v) is 2.77. The number of aliphatic hydroxyl groups is 1. The molecule has 1 aromatic rings. The molecule has 2 aliphatic rings. The maximum Gasteiger partial charge on any atom is 0.122 e. The fourth-order valence-electron chi connectivity index (χ4n) is 2.77. The Hall–Kier alpha value is -0.860. The Bertz CT molecular complexity index is 349. The van der Waals surface area contributed by atoms with E-state index in [0.717, 1.165) is 25.7 Å². The summed E-state index contributed by atoms with van der Waals surface area (Å²) in [6.45, 7) is 0. The van der Waals surface area contributed by atoms with Crippen LogP contribution in [0.1, 0.15) is 31.2 Å². The quantitative estimate of drug-likeness (QED) is 0.711. The van der Waals surface area contributed by atoms with Crippen molar-refractivity contribution in [3.63, 3.8) is 0 Å². The zero-order valence-electron chi connectivity index (χ0n) is 8.73. The van der Waals surface area contributed by atoms with Gasteiger partial charge in [-0.05, 0) is 18.4 Å². The zero-order valence-corrected chi connectivity index (χ0v) is 8.73. The summed E-state index contributed by atoms with van der Waals surface area (Å²) < 4.78 is 5.79. The predicted molar refractivity (Wildman–Crippen MR) is 57.5 cm³/mol. The van der Waals surface area contributed by atoms with E-state index in [2.05, 4.69) is 12.1 Å². The van der Waals surface area contributed by atoms with Gasteiger partial charge in [-0.25, -0.2) is 0 Å². The van der Waals surface area contributed by atoms with Gasteiger partial charge in [-0.2, -0.15) is 0 Å². The first kappa shape index (κ1) is 9.37. The molecule has 3 rings (SSSR count). The third-order valence-corrected chi connectivity index (χ3v) is 3.65. The van der Waals surface area contributed by atoms with Crippen LogP contribution in [0.4, 0.5) is 0 Å². The molecule has 80 valence electrons. The highest BCUT2D eigenvalue weighted by atomic mass is 16.6. The molecule has 1 heterocycles. The molecule has 15 heavy (non-hydrogen) atoms. The number of fused-ring (bicyclic) bond motifs is 1. The molecule has 2 heteroatoms. The lowest BCUT2D eigenvalue weighted by molar-refractivity contribution is 0.121. The van der Waals surface area contributed by atoms with Crippen molar-refractivity contribution in [2.45, 2.75) is 43.5 Å². The Labute approximate surface area is 89.9 Å². The van der Waals surface area contributed by atoms with E-state index in [9.17, 15) is 5.11 Å². The molecule has 0 unspecified atom stereocenters. The minimum Gasteiger partial charge on any atom is -0.390 e. The Morgan fingerprint density at radius 2 is 2.00 bits per heavy atom. The molecule has 1 aliphatic heterocycles. The average molecular weight is 204 g/mol. The monoisotopic (exact) mass is 204 g/mol. The second-order valence-electron chi connectivity index (χ2n) is 4.61. The molecule has 1 aliphatic carbocycles. The minimum absolute atomic E-state index is 0.0439. The zero-order chi connectivity index (χ0) is 10.3. The lowest BCUT2D eigenvalue weighted by atomic mass is 9.91. The molecule has 2 nitrogen and oxygen atoms in total. The van der Waals surface area contributed by atoms with Crippen LogP contribution in [0.3, 0.4) is 0 Å². The molecule has 0 aromatic heterocycles. The molecular formula is C13H16O2. The topological polar surface area (TPSA) is 32.8 Å². The summed E-state index contributed by atoms with van der Waals surface area (Å²) >= 11 is 0. The number of epoxide rings is 1. The highest BCUT2D eigenvalue weighted by Crippen LogP contribution is 2.53. The van der Waals surface area contributed by atoms with Crippen LogP contribution >= 0.6 is 0 Å². The standard InChI is InChI=1S/C13H16O2/c14-11-8-4-5-9-13(12(11)15-13)10-6-2-1-3-7-10/h1-3,6-7,11-12,14H,4-5,8-9H2/t11-,12-,13-/m1/s1. The van der Waals surface area contributed by atoms with Crippen molar-refractivity contribution in [3.05, 3.63) is 35.9 Å². The first-order chi connectivity index (χ1) is 7.33. The Morgan fingerprint density at radius 3 is 2.80 bits per heavy atom. The van der Waals surface area contributed by atoms with Crippen LogP contribution in [-0.2, 0) is 10.3 Å². The summed E-state index contributed by atoms with van der Waals surface area (Å²) in [4.78, 5) is 0. The molecule has 0 spiro atoms. The number of aliphatic hydroxyl groups excluding tert-OH is 1. The summed E-state index contributed by atoms with van der Waals surface area (Å²) in [6, 6.07) is 10.3. The van der Waals surface area contributed by atoms with Gasteiger partial charge in [0.1, 0.15) is 11.7 Å². The maximum absolute atomic E-state index is 9.90. The summed E-state index contributed by atoms with van der Waals surface area (Å²) in [6.07, 6.45) is 3.99. The maximum atomic E-state index is 9.90. The predicted octanol–water partition coefficient (Wildman–Crippen LogP) is 2.22. The van der Waals surface area contributed by atoms with Gasteiger partial charge in [0.15, 0.2) is 0 Å².